The molecule has 0 spiro atoms. The molecule has 2 aromatic carbocycles. The summed E-state index contributed by atoms with van der Waals surface area (Å²) in [6.45, 7) is 1.18. The smallest absolute Gasteiger partial charge is 0.416 e. The van der Waals surface area contributed by atoms with E-state index in [9.17, 15) is 14.4 Å². The summed E-state index contributed by atoms with van der Waals surface area (Å²) < 4.78 is 10.3. The van der Waals surface area contributed by atoms with Crippen LogP contribution in [-0.2, 0) is 27.3 Å². The van der Waals surface area contributed by atoms with Gasteiger partial charge in [-0.1, -0.05) is 99.2 Å². The molecule has 3 rings (SSSR count). The standard InChI is InChI=1S/C29H38N2O5/c32-27(31-26(23-36-29(31)34)21-24-15-9-7-10-16-24)19-13-5-3-1-2-4-6-14-20-30-28(33)35-22-25-17-11-8-12-18-25/h7-12,15-18,26H,1-6,13-14,19-23H2,(H,30,33)/t26-/m0/s1. The van der Waals surface area contributed by atoms with Crippen molar-refractivity contribution in [1.82, 2.24) is 10.2 Å². The molecule has 2 aromatic rings. The number of imide groups is 1. The summed E-state index contributed by atoms with van der Waals surface area (Å²) in [6.07, 6.45) is 8.37. The van der Waals surface area contributed by atoms with E-state index in [0.717, 1.165) is 62.5 Å². The molecule has 0 radical (unpaired) electrons. The quantitative estimate of drug-likeness (QED) is 0.306. The summed E-state index contributed by atoms with van der Waals surface area (Å²) in [6, 6.07) is 19.3. The van der Waals surface area contributed by atoms with Gasteiger partial charge < -0.3 is 14.8 Å². The second-order valence-electron chi connectivity index (χ2n) is 9.25. The van der Waals surface area contributed by atoms with Crippen LogP contribution in [0.25, 0.3) is 0 Å². The number of hydrogen-bond acceptors (Lipinski definition) is 5. The third kappa shape index (κ3) is 9.72. The lowest BCUT2D eigenvalue weighted by Gasteiger charge is -2.19. The van der Waals surface area contributed by atoms with Gasteiger partial charge in [0.1, 0.15) is 13.2 Å². The van der Waals surface area contributed by atoms with Gasteiger partial charge in [0.25, 0.3) is 0 Å². The first-order chi connectivity index (χ1) is 17.6. The Morgan fingerprint density at radius 1 is 0.833 bits per heavy atom. The van der Waals surface area contributed by atoms with Crippen LogP contribution in [0.5, 0.6) is 0 Å². The van der Waals surface area contributed by atoms with Gasteiger partial charge >= 0.3 is 12.2 Å². The van der Waals surface area contributed by atoms with Crippen LogP contribution in [0, 0.1) is 0 Å². The number of rotatable bonds is 15. The Hall–Kier alpha value is -3.35. The van der Waals surface area contributed by atoms with E-state index in [1.54, 1.807) is 0 Å². The molecular weight excluding hydrogens is 456 g/mol. The van der Waals surface area contributed by atoms with E-state index in [2.05, 4.69) is 5.32 Å². The Morgan fingerprint density at radius 3 is 2.08 bits per heavy atom. The number of nitrogens with one attached hydrogen (secondary N) is 1. The van der Waals surface area contributed by atoms with Crippen LogP contribution in [-0.4, -0.2) is 42.2 Å². The highest BCUT2D eigenvalue weighted by atomic mass is 16.6. The predicted octanol–water partition coefficient (Wildman–Crippen LogP) is 6.01. The van der Waals surface area contributed by atoms with Crippen LogP contribution < -0.4 is 5.32 Å². The van der Waals surface area contributed by atoms with Crippen LogP contribution >= 0.6 is 0 Å². The van der Waals surface area contributed by atoms with E-state index >= 15 is 0 Å². The number of nitrogens with zero attached hydrogens (tertiary/aromatic N) is 1. The SMILES string of the molecule is O=C(NCCCCCCCCCCC(=O)N1C(=O)OC[C@@H]1Cc1ccccc1)OCc1ccccc1. The van der Waals surface area contributed by atoms with Gasteiger partial charge in [-0.2, -0.15) is 0 Å². The fourth-order valence-corrected chi connectivity index (χ4v) is 4.35. The highest BCUT2D eigenvalue weighted by Gasteiger charge is 2.37. The largest absolute Gasteiger partial charge is 0.447 e. The summed E-state index contributed by atoms with van der Waals surface area (Å²) in [5, 5.41) is 2.80. The lowest BCUT2D eigenvalue weighted by atomic mass is 10.0. The molecule has 1 aliphatic heterocycles. The number of alkyl carbamates (subject to hydrolysis) is 1. The lowest BCUT2D eigenvalue weighted by Crippen LogP contribution is -2.40. The number of benzene rings is 2. The molecule has 3 amide bonds. The zero-order valence-electron chi connectivity index (χ0n) is 21.0. The molecule has 0 saturated carbocycles. The van der Waals surface area contributed by atoms with Crippen LogP contribution in [0.1, 0.15) is 68.9 Å². The van der Waals surface area contributed by atoms with Crippen LogP contribution in [0.4, 0.5) is 9.59 Å². The molecule has 7 heteroatoms. The number of unbranched alkanes of at least 4 members (excludes halogenated alkanes) is 7. The fourth-order valence-electron chi connectivity index (χ4n) is 4.35. The molecule has 1 heterocycles. The maximum absolute atomic E-state index is 12.6. The van der Waals surface area contributed by atoms with Crippen LogP contribution in [0.2, 0.25) is 0 Å². The summed E-state index contributed by atoms with van der Waals surface area (Å²) in [5.41, 5.74) is 2.07. The molecule has 0 unspecified atom stereocenters. The van der Waals surface area contributed by atoms with Gasteiger partial charge in [-0.3, -0.25) is 4.79 Å². The molecule has 1 fully saturated rings. The van der Waals surface area contributed by atoms with Crippen molar-refractivity contribution in [2.24, 2.45) is 0 Å². The summed E-state index contributed by atoms with van der Waals surface area (Å²) in [4.78, 5) is 37.8. The number of carbonyl (C=O) groups is 3. The first-order valence-electron chi connectivity index (χ1n) is 13.1. The summed E-state index contributed by atoms with van der Waals surface area (Å²) in [7, 11) is 0. The number of carbonyl (C=O) groups excluding carboxylic acids is 3. The van der Waals surface area contributed by atoms with Crippen molar-refractivity contribution in [3.8, 4) is 0 Å². The van der Waals surface area contributed by atoms with Crippen molar-refractivity contribution in [1.29, 1.82) is 0 Å². The minimum Gasteiger partial charge on any atom is -0.447 e. The number of hydrogen-bond donors (Lipinski definition) is 1. The molecule has 36 heavy (non-hydrogen) atoms. The second-order valence-corrected chi connectivity index (χ2v) is 9.25. The van der Waals surface area contributed by atoms with Gasteiger partial charge in [0.2, 0.25) is 5.91 Å². The van der Waals surface area contributed by atoms with Crippen molar-refractivity contribution < 1.29 is 23.9 Å². The number of amides is 3. The third-order valence-electron chi connectivity index (χ3n) is 6.34. The van der Waals surface area contributed by atoms with Gasteiger partial charge in [-0.25, -0.2) is 14.5 Å². The Labute approximate surface area is 214 Å². The Kier molecular flexibility index (Phi) is 11.8. The topological polar surface area (TPSA) is 84.9 Å². The molecule has 0 aromatic heterocycles. The summed E-state index contributed by atoms with van der Waals surface area (Å²) >= 11 is 0. The number of ether oxygens (including phenoxy) is 2. The van der Waals surface area contributed by atoms with Crippen molar-refractivity contribution in [3.05, 3.63) is 71.8 Å². The van der Waals surface area contributed by atoms with E-state index in [-0.39, 0.29) is 31.3 Å². The zero-order chi connectivity index (χ0) is 25.4. The first-order valence-corrected chi connectivity index (χ1v) is 13.1. The minimum atomic E-state index is -0.514. The van der Waals surface area contributed by atoms with Crippen LogP contribution in [0.15, 0.2) is 60.7 Å². The van der Waals surface area contributed by atoms with Crippen molar-refractivity contribution >= 4 is 18.1 Å². The van der Waals surface area contributed by atoms with E-state index in [4.69, 9.17) is 9.47 Å². The highest BCUT2D eigenvalue weighted by Crippen LogP contribution is 2.20. The van der Waals surface area contributed by atoms with E-state index in [1.807, 2.05) is 60.7 Å². The maximum Gasteiger partial charge on any atom is 0.416 e. The van der Waals surface area contributed by atoms with Crippen molar-refractivity contribution in [2.45, 2.75) is 76.9 Å². The molecular formula is C29H38N2O5. The first kappa shape index (κ1) is 27.2. The molecule has 0 bridgehead atoms. The molecule has 1 atom stereocenters. The molecule has 1 saturated heterocycles. The average Bonchev–Trinajstić information content (AvgIpc) is 3.26. The predicted molar refractivity (Wildman–Crippen MR) is 138 cm³/mol. The zero-order valence-corrected chi connectivity index (χ0v) is 21.0. The normalized spacial score (nSPS) is 14.9. The van der Waals surface area contributed by atoms with Crippen LogP contribution in [0.3, 0.4) is 0 Å². The molecule has 0 aliphatic carbocycles. The van der Waals surface area contributed by atoms with E-state index in [0.29, 0.717) is 19.4 Å². The lowest BCUT2D eigenvalue weighted by molar-refractivity contribution is -0.129. The van der Waals surface area contributed by atoms with Gasteiger partial charge in [-0.15, -0.1) is 0 Å². The minimum absolute atomic E-state index is 0.131. The Balaban J connectivity index is 1.16. The van der Waals surface area contributed by atoms with E-state index in [1.165, 1.54) is 4.90 Å². The van der Waals surface area contributed by atoms with Gasteiger partial charge in [0.05, 0.1) is 6.04 Å². The van der Waals surface area contributed by atoms with Gasteiger partial charge in [0, 0.05) is 13.0 Å². The third-order valence-corrected chi connectivity index (χ3v) is 6.34. The van der Waals surface area contributed by atoms with Crippen molar-refractivity contribution in [3.63, 3.8) is 0 Å². The summed E-state index contributed by atoms with van der Waals surface area (Å²) in [5.74, 6) is -0.131. The second kappa shape index (κ2) is 15.6. The van der Waals surface area contributed by atoms with E-state index < -0.39 is 6.09 Å². The molecule has 194 valence electrons. The Morgan fingerprint density at radius 2 is 1.42 bits per heavy atom. The number of cyclic esters (lactones) is 1. The maximum atomic E-state index is 12.6. The molecule has 1 N–H and O–H groups in total. The molecule has 7 nitrogen and oxygen atoms in total. The van der Waals surface area contributed by atoms with Crippen molar-refractivity contribution in [2.75, 3.05) is 13.2 Å². The fraction of sp³-hybridized carbons (Fsp3) is 0.483. The Bertz CT molecular complexity index is 935. The molecule has 1 aliphatic rings. The van der Waals surface area contributed by atoms with Gasteiger partial charge in [0.15, 0.2) is 0 Å². The van der Waals surface area contributed by atoms with Gasteiger partial charge in [-0.05, 0) is 30.4 Å². The monoisotopic (exact) mass is 494 g/mol. The average molecular weight is 495 g/mol. The highest BCUT2D eigenvalue weighted by molar-refractivity contribution is 5.93.